The van der Waals surface area contributed by atoms with Crippen molar-refractivity contribution in [3.8, 4) is 0 Å². The molecule has 6 nitrogen and oxygen atoms in total. The van der Waals surface area contributed by atoms with Crippen molar-refractivity contribution in [2.45, 2.75) is 50.5 Å². The Hall–Kier alpha value is -3.36. The van der Waals surface area contributed by atoms with Crippen molar-refractivity contribution in [3.05, 3.63) is 144 Å². The van der Waals surface area contributed by atoms with E-state index in [0.717, 1.165) is 22.3 Å². The van der Waals surface area contributed by atoms with Gasteiger partial charge in [-0.1, -0.05) is 121 Å². The van der Waals surface area contributed by atoms with Gasteiger partial charge in [0.05, 0.1) is 33.0 Å². The van der Waals surface area contributed by atoms with Crippen LogP contribution in [0.2, 0.25) is 0 Å². The van der Waals surface area contributed by atoms with Gasteiger partial charge in [0.1, 0.15) is 24.9 Å². The first-order valence-electron chi connectivity index (χ1n) is 13.6. The fourth-order valence-electron chi connectivity index (χ4n) is 4.74. The Morgan fingerprint density at radius 3 is 1.50 bits per heavy atom. The fraction of sp³-hybridized carbons (Fsp3) is 0.294. The molecule has 208 valence electrons. The molecule has 0 unspecified atom stereocenters. The average molecular weight is 541 g/mol. The quantitative estimate of drug-likeness (QED) is 0.236. The zero-order valence-corrected chi connectivity index (χ0v) is 22.5. The minimum absolute atomic E-state index is 0.0854. The molecule has 40 heavy (non-hydrogen) atoms. The van der Waals surface area contributed by atoms with E-state index in [1.54, 1.807) is 0 Å². The van der Waals surface area contributed by atoms with Crippen LogP contribution in [0.15, 0.2) is 121 Å². The summed E-state index contributed by atoms with van der Waals surface area (Å²) in [6.45, 7) is 1.37. The van der Waals surface area contributed by atoms with Crippen LogP contribution in [0.5, 0.6) is 0 Å². The highest BCUT2D eigenvalue weighted by molar-refractivity contribution is 5.16. The zero-order chi connectivity index (χ0) is 27.5. The van der Waals surface area contributed by atoms with Crippen molar-refractivity contribution in [2.24, 2.45) is 0 Å². The minimum atomic E-state index is -1.74. The molecule has 4 atom stereocenters. The molecule has 1 saturated heterocycles. The first kappa shape index (κ1) is 28.2. The summed E-state index contributed by atoms with van der Waals surface area (Å²) in [5.74, 6) is -1.74. The molecule has 6 heteroatoms. The number of benzene rings is 4. The molecular formula is C34H36O6. The number of hydrogen-bond donors (Lipinski definition) is 1. The molecule has 1 fully saturated rings. The summed E-state index contributed by atoms with van der Waals surface area (Å²) in [7, 11) is 0. The van der Waals surface area contributed by atoms with Crippen LogP contribution >= 0.6 is 0 Å². The van der Waals surface area contributed by atoms with Gasteiger partial charge < -0.3 is 28.8 Å². The van der Waals surface area contributed by atoms with E-state index in [9.17, 15) is 5.11 Å². The van der Waals surface area contributed by atoms with Crippen molar-refractivity contribution in [3.63, 3.8) is 0 Å². The van der Waals surface area contributed by atoms with Gasteiger partial charge in [0.15, 0.2) is 0 Å². The van der Waals surface area contributed by atoms with Crippen molar-refractivity contribution < 1.29 is 28.8 Å². The van der Waals surface area contributed by atoms with Crippen LogP contribution in [-0.2, 0) is 50.1 Å². The maximum absolute atomic E-state index is 11.8. The smallest absolute Gasteiger partial charge is 0.219 e. The molecule has 0 aliphatic carbocycles. The second-order valence-corrected chi connectivity index (χ2v) is 9.95. The molecule has 1 aliphatic heterocycles. The monoisotopic (exact) mass is 540 g/mol. The van der Waals surface area contributed by atoms with Gasteiger partial charge in [0.2, 0.25) is 5.79 Å². The zero-order valence-electron chi connectivity index (χ0n) is 22.5. The Morgan fingerprint density at radius 1 is 0.575 bits per heavy atom. The van der Waals surface area contributed by atoms with Crippen LogP contribution in [0, 0.1) is 0 Å². The predicted octanol–water partition coefficient (Wildman–Crippen LogP) is 5.68. The van der Waals surface area contributed by atoms with Gasteiger partial charge in [0.25, 0.3) is 0 Å². The molecule has 1 N–H and O–H groups in total. The number of rotatable bonds is 13. The molecule has 0 bridgehead atoms. The molecule has 0 saturated carbocycles. The third kappa shape index (κ3) is 7.86. The molecule has 5 rings (SSSR count). The highest BCUT2D eigenvalue weighted by atomic mass is 16.7. The van der Waals surface area contributed by atoms with Crippen LogP contribution in [0.4, 0.5) is 0 Å². The van der Waals surface area contributed by atoms with E-state index in [4.69, 9.17) is 23.7 Å². The molecule has 1 heterocycles. The maximum atomic E-state index is 11.8. The molecule has 0 radical (unpaired) electrons. The van der Waals surface area contributed by atoms with Gasteiger partial charge in [-0.15, -0.1) is 0 Å². The SMILES string of the molecule is O[C@]1(COCc2ccccc2)OC[C@H](OCc2ccccc2)[C@@H](OCc2ccccc2)[C@@H]1OCc1ccccc1. The first-order valence-corrected chi connectivity index (χ1v) is 13.6. The van der Waals surface area contributed by atoms with Crippen molar-refractivity contribution in [2.75, 3.05) is 13.2 Å². The van der Waals surface area contributed by atoms with E-state index in [1.165, 1.54) is 0 Å². The van der Waals surface area contributed by atoms with E-state index in [-0.39, 0.29) is 19.8 Å². The van der Waals surface area contributed by atoms with Crippen molar-refractivity contribution in [1.82, 2.24) is 0 Å². The standard InChI is InChI=1S/C34H36O6/c35-34(26-36-21-27-13-5-1-6-14-27)33(39-24-30-19-11-4-12-20-30)32(38-23-29-17-9-3-10-18-29)31(25-40-34)37-22-28-15-7-2-8-16-28/h1-20,31-33,35H,21-26H2/t31-,32+,33-,34+/m0/s1. The fourth-order valence-corrected chi connectivity index (χ4v) is 4.74. The Labute approximate surface area is 236 Å². The lowest BCUT2D eigenvalue weighted by molar-refractivity contribution is -0.356. The third-order valence-corrected chi connectivity index (χ3v) is 6.89. The van der Waals surface area contributed by atoms with Gasteiger partial charge in [-0.3, -0.25) is 0 Å². The molecular weight excluding hydrogens is 504 g/mol. The van der Waals surface area contributed by atoms with Crippen LogP contribution in [-0.4, -0.2) is 42.4 Å². The van der Waals surface area contributed by atoms with E-state index in [0.29, 0.717) is 19.8 Å². The van der Waals surface area contributed by atoms with E-state index in [2.05, 4.69) is 0 Å². The number of aliphatic hydroxyl groups is 1. The van der Waals surface area contributed by atoms with Gasteiger partial charge in [0, 0.05) is 0 Å². The van der Waals surface area contributed by atoms with Crippen LogP contribution < -0.4 is 0 Å². The second-order valence-electron chi connectivity index (χ2n) is 9.95. The lowest BCUT2D eigenvalue weighted by Gasteiger charge is -2.46. The highest BCUT2D eigenvalue weighted by Crippen LogP contribution is 2.32. The minimum Gasteiger partial charge on any atom is -0.371 e. The van der Waals surface area contributed by atoms with Crippen molar-refractivity contribution >= 4 is 0 Å². The molecule has 4 aromatic carbocycles. The maximum Gasteiger partial charge on any atom is 0.219 e. The summed E-state index contributed by atoms with van der Waals surface area (Å²) >= 11 is 0. The van der Waals surface area contributed by atoms with Gasteiger partial charge in [-0.25, -0.2) is 0 Å². The highest BCUT2D eigenvalue weighted by Gasteiger charge is 2.52. The Kier molecular flexibility index (Phi) is 10.1. The molecule has 0 amide bonds. The number of ether oxygens (including phenoxy) is 5. The van der Waals surface area contributed by atoms with E-state index >= 15 is 0 Å². The summed E-state index contributed by atoms with van der Waals surface area (Å²) < 4.78 is 31.3. The summed E-state index contributed by atoms with van der Waals surface area (Å²) in [4.78, 5) is 0. The Balaban J connectivity index is 1.36. The molecule has 1 aliphatic rings. The van der Waals surface area contributed by atoms with Gasteiger partial charge >= 0.3 is 0 Å². The van der Waals surface area contributed by atoms with E-state index < -0.39 is 24.1 Å². The summed E-state index contributed by atoms with van der Waals surface area (Å²) in [6.07, 6.45) is -1.97. The Bertz CT molecular complexity index is 1250. The Morgan fingerprint density at radius 2 is 1.00 bits per heavy atom. The lowest BCUT2D eigenvalue weighted by atomic mass is 9.96. The summed E-state index contributed by atoms with van der Waals surface area (Å²) in [5.41, 5.74) is 4.04. The van der Waals surface area contributed by atoms with Gasteiger partial charge in [-0.05, 0) is 22.3 Å². The second kappa shape index (κ2) is 14.3. The van der Waals surface area contributed by atoms with E-state index in [1.807, 2.05) is 121 Å². The first-order chi connectivity index (χ1) is 19.7. The average Bonchev–Trinajstić information content (AvgIpc) is 3.01. The normalized spacial score (nSPS) is 22.7. The molecule has 0 aromatic heterocycles. The third-order valence-electron chi connectivity index (χ3n) is 6.89. The summed E-state index contributed by atoms with van der Waals surface area (Å²) in [6, 6.07) is 39.6. The predicted molar refractivity (Wildman–Crippen MR) is 152 cm³/mol. The van der Waals surface area contributed by atoms with Crippen LogP contribution in [0.1, 0.15) is 22.3 Å². The van der Waals surface area contributed by atoms with Crippen molar-refractivity contribution in [1.29, 1.82) is 0 Å². The van der Waals surface area contributed by atoms with Gasteiger partial charge in [-0.2, -0.15) is 0 Å². The summed E-state index contributed by atoms with van der Waals surface area (Å²) in [5, 5.41) is 11.8. The molecule has 0 spiro atoms. The molecule has 4 aromatic rings. The number of hydrogen-bond acceptors (Lipinski definition) is 6. The largest absolute Gasteiger partial charge is 0.371 e. The lowest BCUT2D eigenvalue weighted by Crippen LogP contribution is -2.64. The van der Waals surface area contributed by atoms with Crippen LogP contribution in [0.3, 0.4) is 0 Å². The van der Waals surface area contributed by atoms with Crippen LogP contribution in [0.25, 0.3) is 0 Å². The topological polar surface area (TPSA) is 66.4 Å².